The summed E-state index contributed by atoms with van der Waals surface area (Å²) in [5.74, 6) is 0. The first-order chi connectivity index (χ1) is 9.94. The average Bonchev–Trinajstić information content (AvgIpc) is 2.82. The van der Waals surface area contributed by atoms with E-state index in [1.807, 2.05) is 19.9 Å². The van der Waals surface area contributed by atoms with Crippen LogP contribution < -0.4 is 10.0 Å². The second kappa shape index (κ2) is 6.50. The Balaban J connectivity index is 2.31. The minimum Gasteiger partial charge on any atom is -0.313 e. The summed E-state index contributed by atoms with van der Waals surface area (Å²) in [5.41, 5.74) is 1.71. The summed E-state index contributed by atoms with van der Waals surface area (Å²) in [6.45, 7) is 7.07. The maximum Gasteiger partial charge on any atom is 0.263 e. The van der Waals surface area contributed by atoms with Crippen LogP contribution in [-0.4, -0.2) is 25.2 Å². The number of nitrogens with one attached hydrogen (secondary N) is 2. The van der Waals surface area contributed by atoms with E-state index in [1.165, 1.54) is 11.3 Å². The molecule has 21 heavy (non-hydrogen) atoms. The van der Waals surface area contributed by atoms with E-state index in [2.05, 4.69) is 20.2 Å². The monoisotopic (exact) mass is 326 g/mol. The normalized spacial score (nSPS) is 11.6. The molecular formula is C13H18N4O2S2. The highest BCUT2D eigenvalue weighted by Crippen LogP contribution is 2.23. The molecule has 1 aromatic heterocycles. The van der Waals surface area contributed by atoms with Crippen LogP contribution >= 0.6 is 11.3 Å². The predicted molar refractivity (Wildman–Crippen MR) is 84.0 cm³/mol. The molecule has 2 aromatic rings. The number of hydrogen-bond donors (Lipinski definition) is 2. The largest absolute Gasteiger partial charge is 0.313 e. The van der Waals surface area contributed by atoms with Gasteiger partial charge < -0.3 is 5.32 Å². The van der Waals surface area contributed by atoms with E-state index in [9.17, 15) is 8.42 Å². The summed E-state index contributed by atoms with van der Waals surface area (Å²) >= 11 is 1.21. The minimum atomic E-state index is -3.65. The molecule has 0 saturated heterocycles. The van der Waals surface area contributed by atoms with Gasteiger partial charge in [0.05, 0.1) is 4.90 Å². The van der Waals surface area contributed by atoms with Gasteiger partial charge in [0, 0.05) is 6.54 Å². The third kappa shape index (κ3) is 3.78. The summed E-state index contributed by atoms with van der Waals surface area (Å²) in [6.07, 6.45) is 0. The molecular weight excluding hydrogens is 308 g/mol. The molecule has 0 bridgehead atoms. The summed E-state index contributed by atoms with van der Waals surface area (Å²) in [5, 5.41) is 11.8. The zero-order valence-electron chi connectivity index (χ0n) is 12.2. The summed E-state index contributed by atoms with van der Waals surface area (Å²) in [4.78, 5) is 0.269. The fourth-order valence-electron chi connectivity index (χ4n) is 1.91. The van der Waals surface area contributed by atoms with Crippen LogP contribution in [0, 0.1) is 13.8 Å². The van der Waals surface area contributed by atoms with Gasteiger partial charge in [-0.05, 0) is 37.6 Å². The third-order valence-corrected chi connectivity index (χ3v) is 5.37. The Hall–Kier alpha value is -1.51. The van der Waals surface area contributed by atoms with E-state index in [1.54, 1.807) is 19.1 Å². The van der Waals surface area contributed by atoms with Crippen LogP contribution in [0.1, 0.15) is 23.1 Å². The Morgan fingerprint density at radius 2 is 2.00 bits per heavy atom. The SMILES string of the molecule is CCNCc1cccc(S(=O)(=O)Nc2nnc(C)s2)c1C. The number of benzene rings is 1. The van der Waals surface area contributed by atoms with Crippen molar-refractivity contribution in [2.45, 2.75) is 32.2 Å². The summed E-state index contributed by atoms with van der Waals surface area (Å²) < 4.78 is 27.4. The Morgan fingerprint density at radius 3 is 2.62 bits per heavy atom. The van der Waals surface area contributed by atoms with Crippen molar-refractivity contribution < 1.29 is 8.42 Å². The van der Waals surface area contributed by atoms with Crippen molar-refractivity contribution in [2.24, 2.45) is 0 Å². The standard InChI is InChI=1S/C13H18N4O2S2/c1-4-14-8-11-6-5-7-12(9(11)2)21(18,19)17-13-16-15-10(3)20-13/h5-7,14H,4,8H2,1-3H3,(H,16,17). The van der Waals surface area contributed by atoms with Gasteiger partial charge in [-0.15, -0.1) is 10.2 Å². The lowest BCUT2D eigenvalue weighted by Gasteiger charge is -2.12. The number of anilines is 1. The van der Waals surface area contributed by atoms with Crippen molar-refractivity contribution >= 4 is 26.5 Å². The van der Waals surface area contributed by atoms with Gasteiger partial charge >= 0.3 is 0 Å². The molecule has 0 aliphatic carbocycles. The molecule has 0 unspecified atom stereocenters. The lowest BCUT2D eigenvalue weighted by molar-refractivity contribution is 0.600. The molecule has 0 saturated carbocycles. The molecule has 2 N–H and O–H groups in total. The first-order valence-electron chi connectivity index (χ1n) is 6.56. The highest BCUT2D eigenvalue weighted by molar-refractivity contribution is 7.93. The molecule has 1 heterocycles. The Bertz CT molecular complexity index is 726. The molecule has 0 fully saturated rings. The molecule has 1 aromatic carbocycles. The number of aromatic nitrogens is 2. The molecule has 0 radical (unpaired) electrons. The third-order valence-electron chi connectivity index (χ3n) is 3.00. The van der Waals surface area contributed by atoms with E-state index in [-0.39, 0.29) is 10.0 Å². The van der Waals surface area contributed by atoms with Crippen molar-refractivity contribution in [3.05, 3.63) is 34.3 Å². The van der Waals surface area contributed by atoms with E-state index in [0.717, 1.165) is 17.7 Å². The maximum absolute atomic E-state index is 12.5. The van der Waals surface area contributed by atoms with Gasteiger partial charge in [-0.25, -0.2) is 8.42 Å². The Kier molecular flexibility index (Phi) is 4.92. The molecule has 2 rings (SSSR count). The lowest BCUT2D eigenvalue weighted by atomic mass is 10.1. The summed E-state index contributed by atoms with van der Waals surface area (Å²) in [6, 6.07) is 5.27. The van der Waals surface area contributed by atoms with E-state index in [4.69, 9.17) is 0 Å². The van der Waals surface area contributed by atoms with Gasteiger partial charge in [0.25, 0.3) is 10.0 Å². The molecule has 0 spiro atoms. The summed E-state index contributed by atoms with van der Waals surface area (Å²) in [7, 11) is -3.65. The highest BCUT2D eigenvalue weighted by Gasteiger charge is 2.20. The smallest absolute Gasteiger partial charge is 0.263 e. The van der Waals surface area contributed by atoms with Crippen LogP contribution in [-0.2, 0) is 16.6 Å². The molecule has 0 aliphatic rings. The fraction of sp³-hybridized carbons (Fsp3) is 0.385. The van der Waals surface area contributed by atoms with Crippen molar-refractivity contribution in [3.63, 3.8) is 0 Å². The molecule has 114 valence electrons. The van der Waals surface area contributed by atoms with Gasteiger partial charge in [0.1, 0.15) is 5.01 Å². The second-order valence-electron chi connectivity index (χ2n) is 4.55. The Morgan fingerprint density at radius 1 is 1.24 bits per heavy atom. The van der Waals surface area contributed by atoms with E-state index >= 15 is 0 Å². The zero-order valence-corrected chi connectivity index (χ0v) is 13.8. The van der Waals surface area contributed by atoms with Crippen LogP contribution in [0.4, 0.5) is 5.13 Å². The Labute approximate surface area is 128 Å². The first kappa shape index (κ1) is 15.9. The number of hydrogen-bond acceptors (Lipinski definition) is 6. The maximum atomic E-state index is 12.5. The van der Waals surface area contributed by atoms with E-state index < -0.39 is 10.0 Å². The van der Waals surface area contributed by atoms with Gasteiger partial charge in [-0.1, -0.05) is 30.4 Å². The number of aryl methyl sites for hydroxylation is 1. The van der Waals surface area contributed by atoms with Crippen molar-refractivity contribution in [1.82, 2.24) is 15.5 Å². The molecule has 0 aliphatic heterocycles. The minimum absolute atomic E-state index is 0.269. The first-order valence-corrected chi connectivity index (χ1v) is 8.86. The highest BCUT2D eigenvalue weighted by atomic mass is 32.2. The van der Waals surface area contributed by atoms with Gasteiger partial charge in [0.2, 0.25) is 5.13 Å². The average molecular weight is 326 g/mol. The predicted octanol–water partition coefficient (Wildman–Crippen LogP) is 2.07. The number of sulfonamides is 1. The molecule has 0 atom stereocenters. The topological polar surface area (TPSA) is 84.0 Å². The fourth-order valence-corrected chi connectivity index (χ4v) is 4.02. The van der Waals surface area contributed by atoms with Gasteiger partial charge in [-0.3, -0.25) is 4.72 Å². The lowest BCUT2D eigenvalue weighted by Crippen LogP contribution is -2.17. The quantitative estimate of drug-likeness (QED) is 0.849. The second-order valence-corrected chi connectivity index (χ2v) is 7.38. The van der Waals surface area contributed by atoms with Crippen LogP contribution in [0.2, 0.25) is 0 Å². The van der Waals surface area contributed by atoms with Crippen LogP contribution in [0.5, 0.6) is 0 Å². The van der Waals surface area contributed by atoms with Crippen LogP contribution in [0.15, 0.2) is 23.1 Å². The zero-order chi connectivity index (χ0) is 15.5. The van der Waals surface area contributed by atoms with Crippen molar-refractivity contribution in [2.75, 3.05) is 11.3 Å². The van der Waals surface area contributed by atoms with Gasteiger partial charge in [0.15, 0.2) is 0 Å². The van der Waals surface area contributed by atoms with Gasteiger partial charge in [-0.2, -0.15) is 0 Å². The number of nitrogens with zero attached hydrogens (tertiary/aromatic N) is 2. The van der Waals surface area contributed by atoms with Crippen molar-refractivity contribution in [3.8, 4) is 0 Å². The number of rotatable bonds is 6. The molecule has 8 heteroatoms. The molecule has 0 amide bonds. The van der Waals surface area contributed by atoms with Crippen molar-refractivity contribution in [1.29, 1.82) is 0 Å². The van der Waals surface area contributed by atoms with E-state index in [0.29, 0.717) is 11.6 Å². The van der Waals surface area contributed by atoms with Crippen LogP contribution in [0.25, 0.3) is 0 Å². The van der Waals surface area contributed by atoms with Crippen LogP contribution in [0.3, 0.4) is 0 Å². The molecule has 6 nitrogen and oxygen atoms in total.